The molecule has 0 bridgehead atoms. The van der Waals surface area contributed by atoms with Crippen LogP contribution in [-0.2, 0) is 4.79 Å². The van der Waals surface area contributed by atoms with E-state index in [1.807, 2.05) is 38.1 Å². The number of hydrogen-bond acceptors (Lipinski definition) is 2. The van der Waals surface area contributed by atoms with Crippen molar-refractivity contribution in [1.29, 1.82) is 0 Å². The van der Waals surface area contributed by atoms with E-state index >= 15 is 0 Å². The lowest BCUT2D eigenvalue weighted by atomic mass is 10.2. The Kier molecular flexibility index (Phi) is 5.48. The van der Waals surface area contributed by atoms with E-state index in [2.05, 4.69) is 33.5 Å². The van der Waals surface area contributed by atoms with Gasteiger partial charge in [-0.2, -0.15) is 0 Å². The molecule has 0 spiro atoms. The van der Waals surface area contributed by atoms with Crippen LogP contribution in [0, 0.1) is 0 Å². The molecule has 0 heterocycles. The lowest BCUT2D eigenvalue weighted by Gasteiger charge is -2.18. The Morgan fingerprint density at radius 3 is 2.41 bits per heavy atom. The molecule has 0 aromatic heterocycles. The second-order valence-corrected chi connectivity index (χ2v) is 5.11. The molecule has 0 fully saturated rings. The van der Waals surface area contributed by atoms with Gasteiger partial charge >= 0.3 is 0 Å². The number of amides is 1. The predicted molar refractivity (Wildman–Crippen MR) is 75.1 cm³/mol. The number of carbonyl (C=O) groups is 1. The number of halogens is 1. The summed E-state index contributed by atoms with van der Waals surface area (Å²) >= 11 is 3.38. The zero-order valence-corrected chi connectivity index (χ0v) is 12.0. The van der Waals surface area contributed by atoms with Gasteiger partial charge < -0.3 is 10.6 Å². The first-order chi connectivity index (χ1) is 8.02. The summed E-state index contributed by atoms with van der Waals surface area (Å²) in [5, 5.41) is 6.12. The third-order valence-electron chi connectivity index (χ3n) is 2.62. The van der Waals surface area contributed by atoms with Crippen LogP contribution in [0.25, 0.3) is 0 Å². The lowest BCUT2D eigenvalue weighted by Crippen LogP contribution is -2.41. The average Bonchev–Trinajstić information content (AvgIpc) is 2.31. The van der Waals surface area contributed by atoms with Gasteiger partial charge in [0.15, 0.2) is 0 Å². The molecule has 0 saturated heterocycles. The summed E-state index contributed by atoms with van der Waals surface area (Å²) in [6.45, 7) is 5.92. The molecule has 4 heteroatoms. The summed E-state index contributed by atoms with van der Waals surface area (Å²) < 4.78 is 1.03. The molecule has 1 aromatic carbocycles. The SMILES string of the molecule is CCC(C)NC(=O)C(C)Nc1ccc(Br)cc1. The molecule has 94 valence electrons. The molecular formula is C13H19BrN2O. The zero-order chi connectivity index (χ0) is 12.8. The van der Waals surface area contributed by atoms with Crippen molar-refractivity contribution in [3.05, 3.63) is 28.7 Å². The lowest BCUT2D eigenvalue weighted by molar-refractivity contribution is -0.122. The molecule has 2 N–H and O–H groups in total. The predicted octanol–water partition coefficient (Wildman–Crippen LogP) is 3.16. The Bertz CT molecular complexity index is 364. The van der Waals surface area contributed by atoms with Crippen molar-refractivity contribution in [2.24, 2.45) is 0 Å². The van der Waals surface area contributed by atoms with Crippen molar-refractivity contribution in [2.75, 3.05) is 5.32 Å². The topological polar surface area (TPSA) is 41.1 Å². The van der Waals surface area contributed by atoms with Crippen molar-refractivity contribution < 1.29 is 4.79 Å². The molecule has 2 unspecified atom stereocenters. The van der Waals surface area contributed by atoms with Crippen LogP contribution in [-0.4, -0.2) is 18.0 Å². The molecule has 0 radical (unpaired) electrons. The van der Waals surface area contributed by atoms with Gasteiger partial charge in [-0.05, 0) is 44.5 Å². The third-order valence-corrected chi connectivity index (χ3v) is 3.15. The number of hydrogen-bond donors (Lipinski definition) is 2. The number of anilines is 1. The van der Waals surface area contributed by atoms with E-state index in [4.69, 9.17) is 0 Å². The minimum atomic E-state index is -0.231. The van der Waals surface area contributed by atoms with Crippen molar-refractivity contribution in [3.8, 4) is 0 Å². The normalized spacial score (nSPS) is 13.9. The molecule has 1 amide bonds. The molecule has 1 aromatic rings. The van der Waals surface area contributed by atoms with Gasteiger partial charge in [-0.15, -0.1) is 0 Å². The van der Waals surface area contributed by atoms with Crippen LogP contribution in [0.3, 0.4) is 0 Å². The first kappa shape index (κ1) is 14.0. The molecule has 0 aliphatic carbocycles. The van der Waals surface area contributed by atoms with E-state index in [9.17, 15) is 4.79 Å². The molecule has 17 heavy (non-hydrogen) atoms. The maximum atomic E-state index is 11.8. The summed E-state index contributed by atoms with van der Waals surface area (Å²) in [6.07, 6.45) is 0.941. The van der Waals surface area contributed by atoms with Crippen LogP contribution in [0.4, 0.5) is 5.69 Å². The van der Waals surface area contributed by atoms with Gasteiger partial charge in [0.2, 0.25) is 5.91 Å². The first-order valence-corrected chi connectivity index (χ1v) is 6.64. The van der Waals surface area contributed by atoms with E-state index in [0.717, 1.165) is 16.6 Å². The Morgan fingerprint density at radius 2 is 1.88 bits per heavy atom. The summed E-state index contributed by atoms with van der Waals surface area (Å²) in [5.74, 6) is 0.0299. The van der Waals surface area contributed by atoms with Crippen LogP contribution in [0.15, 0.2) is 28.7 Å². The van der Waals surface area contributed by atoms with E-state index in [-0.39, 0.29) is 18.0 Å². The number of benzene rings is 1. The molecule has 3 nitrogen and oxygen atoms in total. The van der Waals surface area contributed by atoms with Gasteiger partial charge in [-0.3, -0.25) is 4.79 Å². The highest BCUT2D eigenvalue weighted by Crippen LogP contribution is 2.14. The molecular weight excluding hydrogens is 280 g/mol. The molecule has 0 aliphatic heterocycles. The third kappa shape index (κ3) is 4.77. The summed E-state index contributed by atoms with van der Waals surface area (Å²) in [5.41, 5.74) is 0.944. The van der Waals surface area contributed by atoms with Crippen LogP contribution in [0.5, 0.6) is 0 Å². The minimum Gasteiger partial charge on any atom is -0.374 e. The maximum Gasteiger partial charge on any atom is 0.242 e. The Hall–Kier alpha value is -1.03. The maximum absolute atomic E-state index is 11.8. The monoisotopic (exact) mass is 298 g/mol. The first-order valence-electron chi connectivity index (χ1n) is 5.85. The molecule has 0 saturated carbocycles. The van der Waals surface area contributed by atoms with Gasteiger partial charge in [0, 0.05) is 16.2 Å². The summed E-state index contributed by atoms with van der Waals surface area (Å²) in [6, 6.07) is 7.76. The van der Waals surface area contributed by atoms with E-state index in [1.54, 1.807) is 0 Å². The van der Waals surface area contributed by atoms with E-state index in [0.29, 0.717) is 0 Å². The smallest absolute Gasteiger partial charge is 0.242 e. The molecule has 2 atom stereocenters. The second kappa shape index (κ2) is 6.64. The second-order valence-electron chi connectivity index (χ2n) is 4.19. The van der Waals surface area contributed by atoms with Crippen LogP contribution >= 0.6 is 15.9 Å². The van der Waals surface area contributed by atoms with Crippen molar-refractivity contribution in [3.63, 3.8) is 0 Å². The fourth-order valence-electron chi connectivity index (χ4n) is 1.33. The standard InChI is InChI=1S/C13H19BrN2O/c1-4-9(2)15-13(17)10(3)16-12-7-5-11(14)6-8-12/h5-10,16H,4H2,1-3H3,(H,15,17). The fraction of sp³-hybridized carbons (Fsp3) is 0.462. The van der Waals surface area contributed by atoms with Crippen molar-refractivity contribution in [1.82, 2.24) is 5.32 Å². The van der Waals surface area contributed by atoms with Gasteiger partial charge in [-0.1, -0.05) is 22.9 Å². The zero-order valence-electron chi connectivity index (χ0n) is 10.5. The van der Waals surface area contributed by atoms with Crippen molar-refractivity contribution in [2.45, 2.75) is 39.3 Å². The van der Waals surface area contributed by atoms with Crippen LogP contribution in [0.1, 0.15) is 27.2 Å². The van der Waals surface area contributed by atoms with E-state index in [1.165, 1.54) is 0 Å². The quantitative estimate of drug-likeness (QED) is 0.877. The Morgan fingerprint density at radius 1 is 1.29 bits per heavy atom. The van der Waals surface area contributed by atoms with Gasteiger partial charge in [0.25, 0.3) is 0 Å². The number of rotatable bonds is 5. The van der Waals surface area contributed by atoms with Gasteiger partial charge in [-0.25, -0.2) is 0 Å². The van der Waals surface area contributed by atoms with Crippen LogP contribution in [0.2, 0.25) is 0 Å². The highest BCUT2D eigenvalue weighted by Gasteiger charge is 2.13. The highest BCUT2D eigenvalue weighted by atomic mass is 79.9. The number of carbonyl (C=O) groups excluding carboxylic acids is 1. The summed E-state index contributed by atoms with van der Waals surface area (Å²) in [4.78, 5) is 11.8. The minimum absolute atomic E-state index is 0.0299. The Balaban J connectivity index is 2.51. The average molecular weight is 299 g/mol. The fourth-order valence-corrected chi connectivity index (χ4v) is 1.60. The Labute approximate surface area is 111 Å². The molecule has 1 rings (SSSR count). The van der Waals surface area contributed by atoms with Gasteiger partial charge in [0.1, 0.15) is 6.04 Å². The largest absolute Gasteiger partial charge is 0.374 e. The van der Waals surface area contributed by atoms with Crippen LogP contribution < -0.4 is 10.6 Å². The number of nitrogens with one attached hydrogen (secondary N) is 2. The highest BCUT2D eigenvalue weighted by molar-refractivity contribution is 9.10. The van der Waals surface area contributed by atoms with Crippen molar-refractivity contribution >= 4 is 27.5 Å². The molecule has 0 aliphatic rings. The van der Waals surface area contributed by atoms with Gasteiger partial charge in [0.05, 0.1) is 0 Å². The summed E-state index contributed by atoms with van der Waals surface area (Å²) in [7, 11) is 0. The van der Waals surface area contributed by atoms with E-state index < -0.39 is 0 Å².